The molecule has 0 atom stereocenters. The third-order valence-electron chi connectivity index (χ3n) is 1.96. The Labute approximate surface area is 123 Å². The van der Waals surface area contributed by atoms with Gasteiger partial charge in [0, 0.05) is 10.7 Å². The van der Waals surface area contributed by atoms with Crippen LogP contribution in [-0.4, -0.2) is 9.97 Å². The van der Waals surface area contributed by atoms with E-state index in [0.29, 0.717) is 8.95 Å². The van der Waals surface area contributed by atoms with Crippen LogP contribution in [0.3, 0.4) is 0 Å². The van der Waals surface area contributed by atoms with Gasteiger partial charge in [-0.3, -0.25) is 0 Å². The molecule has 0 aliphatic carbocycles. The fourth-order valence-corrected chi connectivity index (χ4v) is 2.04. The second-order valence-corrected chi connectivity index (χ2v) is 5.31. The smallest absolute Gasteiger partial charge is 0.224 e. The standard InChI is InChI=1S/C10H4Br2ClF2N3/c11-4-1-6(14)8(7(15)2-4)17-9-5(12)3-16-10(13)18-9/h1-3H,(H,16,17,18). The number of nitrogens with zero attached hydrogens (tertiary/aromatic N) is 2. The molecule has 8 heteroatoms. The number of halogens is 5. The molecular weight excluding hydrogens is 395 g/mol. The fourth-order valence-electron chi connectivity index (χ4n) is 1.21. The molecule has 1 N–H and O–H groups in total. The number of benzene rings is 1. The predicted octanol–water partition coefficient (Wildman–Crippen LogP) is 4.68. The lowest BCUT2D eigenvalue weighted by atomic mass is 10.3. The van der Waals surface area contributed by atoms with Gasteiger partial charge >= 0.3 is 0 Å². The Morgan fingerprint density at radius 2 is 1.78 bits per heavy atom. The average molecular weight is 399 g/mol. The van der Waals surface area contributed by atoms with E-state index in [9.17, 15) is 8.78 Å². The highest BCUT2D eigenvalue weighted by atomic mass is 79.9. The Morgan fingerprint density at radius 1 is 1.17 bits per heavy atom. The molecule has 0 aliphatic heterocycles. The van der Waals surface area contributed by atoms with Crippen LogP contribution in [0.2, 0.25) is 5.28 Å². The molecular formula is C10H4Br2ClF2N3. The van der Waals surface area contributed by atoms with Gasteiger partial charge in [-0.2, -0.15) is 4.98 Å². The van der Waals surface area contributed by atoms with Crippen LogP contribution in [0.5, 0.6) is 0 Å². The van der Waals surface area contributed by atoms with Crippen molar-refractivity contribution in [2.45, 2.75) is 0 Å². The quantitative estimate of drug-likeness (QED) is 0.746. The molecule has 0 unspecified atom stereocenters. The predicted molar refractivity (Wildman–Crippen MR) is 72.1 cm³/mol. The van der Waals surface area contributed by atoms with Crippen LogP contribution in [0.1, 0.15) is 0 Å². The Balaban J connectivity index is 2.43. The highest BCUT2D eigenvalue weighted by Crippen LogP contribution is 2.29. The summed E-state index contributed by atoms with van der Waals surface area (Å²) in [4.78, 5) is 7.54. The van der Waals surface area contributed by atoms with Gasteiger partial charge < -0.3 is 5.32 Å². The third-order valence-corrected chi connectivity index (χ3v) is 3.19. The average Bonchev–Trinajstić information content (AvgIpc) is 2.28. The van der Waals surface area contributed by atoms with Crippen molar-refractivity contribution in [3.8, 4) is 0 Å². The largest absolute Gasteiger partial charge is 0.334 e. The van der Waals surface area contributed by atoms with Crippen molar-refractivity contribution in [3.63, 3.8) is 0 Å². The van der Waals surface area contributed by atoms with Crippen molar-refractivity contribution >= 4 is 55.0 Å². The lowest BCUT2D eigenvalue weighted by Gasteiger charge is -2.09. The number of aromatic nitrogens is 2. The molecule has 3 nitrogen and oxygen atoms in total. The van der Waals surface area contributed by atoms with E-state index >= 15 is 0 Å². The molecule has 2 aromatic rings. The number of nitrogens with one attached hydrogen (secondary N) is 1. The van der Waals surface area contributed by atoms with Gasteiger partial charge in [0.25, 0.3) is 0 Å². The van der Waals surface area contributed by atoms with Gasteiger partial charge in [0.05, 0.1) is 4.47 Å². The van der Waals surface area contributed by atoms with Gasteiger partial charge in [-0.15, -0.1) is 0 Å². The van der Waals surface area contributed by atoms with Crippen molar-refractivity contribution in [2.24, 2.45) is 0 Å². The van der Waals surface area contributed by atoms with Crippen LogP contribution in [0, 0.1) is 11.6 Å². The van der Waals surface area contributed by atoms with Gasteiger partial charge in [0.15, 0.2) is 11.6 Å². The van der Waals surface area contributed by atoms with E-state index < -0.39 is 11.6 Å². The van der Waals surface area contributed by atoms with Crippen LogP contribution >= 0.6 is 43.5 Å². The lowest BCUT2D eigenvalue weighted by molar-refractivity contribution is 0.589. The normalized spacial score (nSPS) is 10.5. The number of rotatable bonds is 2. The molecule has 94 valence electrons. The molecule has 1 aromatic heterocycles. The van der Waals surface area contributed by atoms with Gasteiger partial charge in [-0.25, -0.2) is 13.8 Å². The third kappa shape index (κ3) is 2.96. The number of hydrogen-bond donors (Lipinski definition) is 1. The first-order valence-corrected chi connectivity index (χ1v) is 6.53. The summed E-state index contributed by atoms with van der Waals surface area (Å²) in [5.41, 5.74) is -0.311. The van der Waals surface area contributed by atoms with Crippen molar-refractivity contribution in [2.75, 3.05) is 5.32 Å². The maximum atomic E-state index is 13.6. The Morgan fingerprint density at radius 3 is 2.39 bits per heavy atom. The summed E-state index contributed by atoms with van der Waals surface area (Å²) in [6.07, 6.45) is 1.38. The van der Waals surface area contributed by atoms with E-state index in [4.69, 9.17) is 11.6 Å². The van der Waals surface area contributed by atoms with E-state index in [1.54, 1.807) is 0 Å². The van der Waals surface area contributed by atoms with E-state index in [2.05, 4.69) is 47.1 Å². The molecule has 0 bridgehead atoms. The van der Waals surface area contributed by atoms with Crippen molar-refractivity contribution in [1.82, 2.24) is 9.97 Å². The zero-order chi connectivity index (χ0) is 13.3. The van der Waals surface area contributed by atoms with Gasteiger partial charge in [-0.05, 0) is 39.7 Å². The molecule has 0 saturated heterocycles. The summed E-state index contributed by atoms with van der Waals surface area (Å²) in [7, 11) is 0. The fraction of sp³-hybridized carbons (Fsp3) is 0. The van der Waals surface area contributed by atoms with E-state index in [-0.39, 0.29) is 16.8 Å². The molecule has 0 spiro atoms. The summed E-state index contributed by atoms with van der Waals surface area (Å²) >= 11 is 11.8. The first-order chi connectivity index (χ1) is 8.47. The Bertz CT molecular complexity index is 587. The van der Waals surface area contributed by atoms with Crippen molar-refractivity contribution in [3.05, 3.63) is 44.2 Å². The first-order valence-electron chi connectivity index (χ1n) is 4.57. The zero-order valence-electron chi connectivity index (χ0n) is 8.52. The number of hydrogen-bond acceptors (Lipinski definition) is 3. The molecule has 0 fully saturated rings. The molecule has 2 rings (SSSR count). The zero-order valence-corrected chi connectivity index (χ0v) is 12.4. The molecule has 0 radical (unpaired) electrons. The van der Waals surface area contributed by atoms with E-state index in [0.717, 1.165) is 12.1 Å². The maximum absolute atomic E-state index is 13.6. The SMILES string of the molecule is Fc1cc(Br)cc(F)c1Nc1nc(Cl)ncc1Br. The monoisotopic (exact) mass is 397 g/mol. The van der Waals surface area contributed by atoms with Gasteiger partial charge in [0.1, 0.15) is 11.5 Å². The number of anilines is 2. The summed E-state index contributed by atoms with van der Waals surface area (Å²) < 4.78 is 28.0. The minimum atomic E-state index is -0.747. The molecule has 0 amide bonds. The molecule has 0 aliphatic rings. The second kappa shape index (κ2) is 5.46. The highest BCUT2D eigenvalue weighted by Gasteiger charge is 2.13. The van der Waals surface area contributed by atoms with Crippen molar-refractivity contribution < 1.29 is 8.78 Å². The minimum Gasteiger partial charge on any atom is -0.334 e. The van der Waals surface area contributed by atoms with Crippen LogP contribution in [-0.2, 0) is 0 Å². The molecule has 18 heavy (non-hydrogen) atoms. The van der Waals surface area contributed by atoms with E-state index in [1.807, 2.05) is 0 Å². The summed E-state index contributed by atoms with van der Waals surface area (Å²) in [5.74, 6) is -1.32. The van der Waals surface area contributed by atoms with Crippen LogP contribution in [0.25, 0.3) is 0 Å². The topological polar surface area (TPSA) is 37.8 Å². The Hall–Kier alpha value is -0.790. The molecule has 1 aromatic carbocycles. The first kappa shape index (κ1) is 13.6. The van der Waals surface area contributed by atoms with Crippen LogP contribution < -0.4 is 5.32 Å². The summed E-state index contributed by atoms with van der Waals surface area (Å²) in [6, 6.07) is 2.28. The van der Waals surface area contributed by atoms with Crippen LogP contribution in [0.4, 0.5) is 20.3 Å². The van der Waals surface area contributed by atoms with Gasteiger partial charge in [-0.1, -0.05) is 15.9 Å². The summed E-state index contributed by atoms with van der Waals surface area (Å²) in [5, 5.41) is 2.49. The second-order valence-electron chi connectivity index (χ2n) is 3.21. The van der Waals surface area contributed by atoms with Crippen molar-refractivity contribution in [1.29, 1.82) is 0 Å². The maximum Gasteiger partial charge on any atom is 0.224 e. The summed E-state index contributed by atoms with van der Waals surface area (Å²) in [6.45, 7) is 0. The molecule has 0 saturated carbocycles. The minimum absolute atomic E-state index is 0.0290. The lowest BCUT2D eigenvalue weighted by Crippen LogP contribution is -2.01. The van der Waals surface area contributed by atoms with E-state index in [1.165, 1.54) is 6.20 Å². The molecule has 1 heterocycles. The Kier molecular flexibility index (Phi) is 4.14. The van der Waals surface area contributed by atoms with Crippen LogP contribution in [0.15, 0.2) is 27.3 Å². The highest BCUT2D eigenvalue weighted by molar-refractivity contribution is 9.10. The van der Waals surface area contributed by atoms with Gasteiger partial charge in [0.2, 0.25) is 5.28 Å².